The van der Waals surface area contributed by atoms with Gasteiger partial charge in [-0.15, -0.1) is 0 Å². The van der Waals surface area contributed by atoms with E-state index >= 15 is 0 Å². The Morgan fingerprint density at radius 2 is 2.25 bits per heavy atom. The zero-order valence-corrected chi connectivity index (χ0v) is 10.8. The van der Waals surface area contributed by atoms with Gasteiger partial charge in [0.05, 0.1) is 19.0 Å². The number of fused-ring (bicyclic) bond motifs is 1. The maximum atomic E-state index is 10.1. The fourth-order valence-corrected chi connectivity index (χ4v) is 2.38. The molecular formula is C11H16N6O3. The Hall–Kier alpha value is -1.81. The minimum atomic E-state index is -0.947. The first-order valence-corrected chi connectivity index (χ1v) is 6.22. The lowest BCUT2D eigenvalue weighted by Gasteiger charge is -2.16. The molecule has 0 aliphatic carbocycles. The fraction of sp³-hybridized carbons (Fsp3) is 0.545. The van der Waals surface area contributed by atoms with Crippen LogP contribution in [-0.2, 0) is 4.74 Å². The second-order valence-electron chi connectivity index (χ2n) is 4.61. The molecule has 5 N–H and O–H groups in total. The van der Waals surface area contributed by atoms with Crippen molar-refractivity contribution >= 4 is 17.0 Å². The minimum Gasteiger partial charge on any atom is -0.394 e. The van der Waals surface area contributed by atoms with Gasteiger partial charge in [-0.1, -0.05) is 0 Å². The number of aliphatic hydroxyl groups is 2. The average Bonchev–Trinajstić information content (AvgIpc) is 3.01. The van der Waals surface area contributed by atoms with Gasteiger partial charge in [0.2, 0.25) is 0 Å². The van der Waals surface area contributed by atoms with Crippen molar-refractivity contribution in [2.24, 2.45) is 5.73 Å². The molecule has 1 aliphatic rings. The van der Waals surface area contributed by atoms with Gasteiger partial charge in [0, 0.05) is 7.05 Å². The summed E-state index contributed by atoms with van der Waals surface area (Å²) in [6.45, 7) is -0.252. The van der Waals surface area contributed by atoms with Gasteiger partial charge in [0.25, 0.3) is 0 Å². The Balaban J connectivity index is 2.03. The first kappa shape index (κ1) is 13.2. The van der Waals surface area contributed by atoms with Crippen molar-refractivity contribution in [1.29, 1.82) is 0 Å². The van der Waals surface area contributed by atoms with Gasteiger partial charge >= 0.3 is 0 Å². The van der Waals surface area contributed by atoms with Gasteiger partial charge in [0.15, 0.2) is 17.7 Å². The number of imidazole rings is 1. The molecule has 4 atom stereocenters. The molecule has 20 heavy (non-hydrogen) atoms. The number of aliphatic hydroxyl groups excluding tert-OH is 2. The van der Waals surface area contributed by atoms with Crippen LogP contribution in [0, 0.1) is 0 Å². The number of nitrogens with one attached hydrogen (secondary N) is 1. The molecule has 0 bridgehead atoms. The van der Waals surface area contributed by atoms with Crippen LogP contribution in [0.25, 0.3) is 11.2 Å². The summed E-state index contributed by atoms with van der Waals surface area (Å²) in [5.74, 6) is 0.587. The van der Waals surface area contributed by atoms with Crippen LogP contribution < -0.4 is 11.1 Å². The van der Waals surface area contributed by atoms with Gasteiger partial charge in [-0.3, -0.25) is 4.57 Å². The van der Waals surface area contributed by atoms with Crippen molar-refractivity contribution < 1.29 is 14.9 Å². The summed E-state index contributed by atoms with van der Waals surface area (Å²) in [7, 11) is 1.74. The van der Waals surface area contributed by atoms with Crippen molar-refractivity contribution in [1.82, 2.24) is 19.5 Å². The predicted molar refractivity (Wildman–Crippen MR) is 69.8 cm³/mol. The van der Waals surface area contributed by atoms with Gasteiger partial charge in [-0.2, -0.15) is 0 Å². The molecule has 1 saturated heterocycles. The molecule has 0 unspecified atom stereocenters. The molecular weight excluding hydrogens is 264 g/mol. The van der Waals surface area contributed by atoms with Crippen LogP contribution in [0.3, 0.4) is 0 Å². The SMILES string of the molecule is CNc1ncnc2c1ncn2[C@@H]1O[C@H](CO)[C@@H](N)[C@H]1O. The molecule has 1 fully saturated rings. The monoisotopic (exact) mass is 280 g/mol. The van der Waals surface area contributed by atoms with E-state index in [4.69, 9.17) is 10.5 Å². The predicted octanol–water partition coefficient (Wildman–Crippen LogP) is -1.55. The molecule has 9 heteroatoms. The van der Waals surface area contributed by atoms with Crippen molar-refractivity contribution in [3.63, 3.8) is 0 Å². The van der Waals surface area contributed by atoms with Crippen molar-refractivity contribution in [3.8, 4) is 0 Å². The van der Waals surface area contributed by atoms with Crippen LogP contribution in [0.5, 0.6) is 0 Å². The molecule has 108 valence electrons. The van der Waals surface area contributed by atoms with Gasteiger partial charge in [0.1, 0.15) is 24.1 Å². The van der Waals surface area contributed by atoms with Crippen LogP contribution in [0.2, 0.25) is 0 Å². The number of anilines is 1. The molecule has 0 spiro atoms. The van der Waals surface area contributed by atoms with Gasteiger partial charge in [-0.05, 0) is 0 Å². The molecule has 3 heterocycles. The number of rotatable bonds is 3. The first-order chi connectivity index (χ1) is 9.67. The number of nitrogens with zero attached hydrogens (tertiary/aromatic N) is 4. The molecule has 0 radical (unpaired) electrons. The van der Waals surface area contributed by atoms with E-state index in [-0.39, 0.29) is 6.61 Å². The van der Waals surface area contributed by atoms with E-state index in [1.165, 1.54) is 12.7 Å². The summed E-state index contributed by atoms with van der Waals surface area (Å²) in [5, 5.41) is 22.3. The highest BCUT2D eigenvalue weighted by Crippen LogP contribution is 2.31. The summed E-state index contributed by atoms with van der Waals surface area (Å²) in [5.41, 5.74) is 6.92. The normalized spacial score (nSPS) is 30.0. The Kier molecular flexibility index (Phi) is 3.26. The summed E-state index contributed by atoms with van der Waals surface area (Å²) in [6, 6.07) is -0.659. The van der Waals surface area contributed by atoms with E-state index in [1.54, 1.807) is 11.6 Å². The van der Waals surface area contributed by atoms with Crippen LogP contribution in [0.4, 0.5) is 5.82 Å². The van der Waals surface area contributed by atoms with Crippen molar-refractivity contribution in [3.05, 3.63) is 12.7 Å². The summed E-state index contributed by atoms with van der Waals surface area (Å²) >= 11 is 0. The second-order valence-corrected chi connectivity index (χ2v) is 4.61. The third kappa shape index (κ3) is 1.83. The lowest BCUT2D eigenvalue weighted by molar-refractivity contribution is -0.0488. The highest BCUT2D eigenvalue weighted by Gasteiger charge is 2.42. The van der Waals surface area contributed by atoms with E-state index in [0.717, 1.165) is 0 Å². The quantitative estimate of drug-likeness (QED) is 0.531. The van der Waals surface area contributed by atoms with E-state index < -0.39 is 24.5 Å². The first-order valence-electron chi connectivity index (χ1n) is 6.22. The number of ether oxygens (including phenoxy) is 1. The number of hydrogen-bond acceptors (Lipinski definition) is 8. The van der Waals surface area contributed by atoms with Gasteiger partial charge in [-0.25, -0.2) is 15.0 Å². The zero-order chi connectivity index (χ0) is 14.3. The highest BCUT2D eigenvalue weighted by atomic mass is 16.5. The average molecular weight is 280 g/mol. The maximum absolute atomic E-state index is 10.1. The van der Waals surface area contributed by atoms with E-state index in [1.807, 2.05) is 0 Å². The number of aromatic nitrogens is 4. The second kappa shape index (κ2) is 4.94. The van der Waals surface area contributed by atoms with Crippen molar-refractivity contribution in [2.75, 3.05) is 19.0 Å². The molecule has 0 saturated carbocycles. The molecule has 9 nitrogen and oxygen atoms in total. The number of nitrogens with two attached hydrogens (primary N) is 1. The highest BCUT2D eigenvalue weighted by molar-refractivity contribution is 5.82. The summed E-state index contributed by atoms with van der Waals surface area (Å²) < 4.78 is 7.17. The third-order valence-electron chi connectivity index (χ3n) is 3.48. The topological polar surface area (TPSA) is 131 Å². The van der Waals surface area contributed by atoms with E-state index in [0.29, 0.717) is 17.0 Å². The fourth-order valence-electron chi connectivity index (χ4n) is 2.38. The lowest BCUT2D eigenvalue weighted by Crippen LogP contribution is -2.41. The Morgan fingerprint density at radius 1 is 1.45 bits per heavy atom. The molecule has 2 aromatic heterocycles. The standard InChI is InChI=1S/C11H16N6O3/c1-13-9-7-10(15-3-14-9)17(4-16-7)11-8(19)6(12)5(2-18)20-11/h3-6,8,11,18-19H,2,12H2,1H3,(H,13,14,15)/t5-,6-,8-,11-/m1/s1. The van der Waals surface area contributed by atoms with Crippen LogP contribution in [-0.4, -0.2) is 61.6 Å². The molecule has 0 amide bonds. The minimum absolute atomic E-state index is 0.252. The number of hydrogen-bond donors (Lipinski definition) is 4. The van der Waals surface area contributed by atoms with Crippen LogP contribution in [0.15, 0.2) is 12.7 Å². The lowest BCUT2D eigenvalue weighted by atomic mass is 10.1. The molecule has 1 aliphatic heterocycles. The molecule has 0 aromatic carbocycles. The van der Waals surface area contributed by atoms with Crippen molar-refractivity contribution in [2.45, 2.75) is 24.5 Å². The smallest absolute Gasteiger partial charge is 0.167 e. The Bertz CT molecular complexity index is 617. The summed E-state index contributed by atoms with van der Waals surface area (Å²) in [4.78, 5) is 12.4. The van der Waals surface area contributed by atoms with E-state index in [2.05, 4.69) is 20.3 Å². The van der Waals surface area contributed by atoms with Gasteiger partial charge < -0.3 is 26.0 Å². The molecule has 3 rings (SSSR count). The maximum Gasteiger partial charge on any atom is 0.167 e. The van der Waals surface area contributed by atoms with Crippen LogP contribution >= 0.6 is 0 Å². The third-order valence-corrected chi connectivity index (χ3v) is 3.48. The van der Waals surface area contributed by atoms with E-state index in [9.17, 15) is 10.2 Å². The summed E-state index contributed by atoms with van der Waals surface area (Å²) in [6.07, 6.45) is 0.625. The Labute approximate surface area is 114 Å². The largest absolute Gasteiger partial charge is 0.394 e. The Morgan fingerprint density at radius 3 is 2.90 bits per heavy atom. The molecule has 2 aromatic rings. The van der Waals surface area contributed by atoms with Crippen LogP contribution in [0.1, 0.15) is 6.23 Å². The zero-order valence-electron chi connectivity index (χ0n) is 10.8.